The van der Waals surface area contributed by atoms with E-state index in [9.17, 15) is 4.79 Å². The highest BCUT2D eigenvalue weighted by Crippen LogP contribution is 2.24. The average Bonchev–Trinajstić information content (AvgIpc) is 3.18. The van der Waals surface area contributed by atoms with Gasteiger partial charge in [0.15, 0.2) is 0 Å². The molecule has 1 aromatic heterocycles. The molecule has 30 heavy (non-hydrogen) atoms. The number of carbonyl (C=O) groups excluding carboxylic acids is 1. The molecule has 0 spiro atoms. The summed E-state index contributed by atoms with van der Waals surface area (Å²) < 4.78 is 1.97. The molecule has 0 atom stereocenters. The highest BCUT2D eigenvalue weighted by atomic mass is 16.2. The molecule has 1 aliphatic heterocycles. The maximum atomic E-state index is 13.3. The number of nitrogens with zero attached hydrogens (tertiary/aromatic N) is 4. The fraction of sp³-hybridized carbons (Fsp3) is 0.360. The first kappa shape index (κ1) is 20.2. The minimum absolute atomic E-state index is 0.103. The molecule has 5 nitrogen and oxygen atoms in total. The predicted molar refractivity (Wildman–Crippen MR) is 121 cm³/mol. The van der Waals surface area contributed by atoms with Crippen LogP contribution in [0, 0.1) is 13.8 Å². The molecule has 1 saturated heterocycles. The fourth-order valence-corrected chi connectivity index (χ4v) is 4.25. The van der Waals surface area contributed by atoms with Gasteiger partial charge in [-0.25, -0.2) is 0 Å². The van der Waals surface area contributed by atoms with Crippen molar-refractivity contribution in [1.29, 1.82) is 0 Å². The van der Waals surface area contributed by atoms with Gasteiger partial charge >= 0.3 is 0 Å². The van der Waals surface area contributed by atoms with Crippen molar-refractivity contribution in [3.8, 4) is 0 Å². The smallest absolute Gasteiger partial charge is 0.257 e. The van der Waals surface area contributed by atoms with Crippen LogP contribution in [0.4, 0.5) is 5.69 Å². The summed E-state index contributed by atoms with van der Waals surface area (Å²) in [5.74, 6) is 0.103. The van der Waals surface area contributed by atoms with E-state index in [0.29, 0.717) is 6.54 Å². The number of benzene rings is 2. The molecule has 4 rings (SSSR count). The Balaban J connectivity index is 1.46. The highest BCUT2D eigenvalue weighted by Gasteiger charge is 2.26. The van der Waals surface area contributed by atoms with Crippen LogP contribution in [-0.2, 0) is 13.0 Å². The summed E-state index contributed by atoms with van der Waals surface area (Å²) in [6.07, 6.45) is 2.54. The fourth-order valence-electron chi connectivity index (χ4n) is 4.25. The molecular formula is C25H30N4O. The number of piperazine rings is 1. The van der Waals surface area contributed by atoms with Crippen LogP contribution in [0.15, 0.2) is 54.7 Å². The second-order valence-corrected chi connectivity index (χ2v) is 8.00. The van der Waals surface area contributed by atoms with Gasteiger partial charge in [0.05, 0.1) is 24.0 Å². The molecule has 5 heteroatoms. The van der Waals surface area contributed by atoms with Crippen molar-refractivity contribution in [2.24, 2.45) is 0 Å². The van der Waals surface area contributed by atoms with Crippen molar-refractivity contribution in [2.75, 3.05) is 31.1 Å². The van der Waals surface area contributed by atoms with Crippen molar-refractivity contribution < 1.29 is 4.79 Å². The lowest BCUT2D eigenvalue weighted by Crippen LogP contribution is -2.49. The Bertz CT molecular complexity index is 1020. The normalized spacial score (nSPS) is 14.2. The van der Waals surface area contributed by atoms with Gasteiger partial charge in [-0.2, -0.15) is 5.10 Å². The van der Waals surface area contributed by atoms with Crippen LogP contribution >= 0.6 is 0 Å². The number of hydrogen-bond acceptors (Lipinski definition) is 3. The van der Waals surface area contributed by atoms with E-state index < -0.39 is 0 Å². The third-order valence-electron chi connectivity index (χ3n) is 6.17. The molecule has 0 radical (unpaired) electrons. The maximum absolute atomic E-state index is 13.3. The first-order valence-corrected chi connectivity index (χ1v) is 10.8. The molecule has 0 N–H and O–H groups in total. The monoisotopic (exact) mass is 402 g/mol. The van der Waals surface area contributed by atoms with Crippen LogP contribution in [0.25, 0.3) is 0 Å². The second kappa shape index (κ2) is 8.74. The van der Waals surface area contributed by atoms with E-state index in [1.807, 2.05) is 27.8 Å². The summed E-state index contributed by atoms with van der Waals surface area (Å²) in [6, 6.07) is 16.7. The van der Waals surface area contributed by atoms with Crippen LogP contribution in [0.3, 0.4) is 0 Å². The summed E-state index contributed by atoms with van der Waals surface area (Å²) in [5, 5.41) is 4.54. The van der Waals surface area contributed by atoms with Gasteiger partial charge in [0, 0.05) is 31.9 Å². The van der Waals surface area contributed by atoms with Gasteiger partial charge in [-0.1, -0.05) is 49.4 Å². The lowest BCUT2D eigenvalue weighted by atomic mass is 10.1. The Hall–Kier alpha value is -3.08. The molecule has 0 bridgehead atoms. The molecule has 3 aromatic rings. The van der Waals surface area contributed by atoms with E-state index in [2.05, 4.69) is 61.1 Å². The third kappa shape index (κ3) is 3.97. The minimum atomic E-state index is 0.103. The lowest BCUT2D eigenvalue weighted by Gasteiger charge is -2.37. The standard InChI is InChI=1S/C25H30N4O/c1-4-23-22(17-26-29(23)18-21-10-6-5-7-11-21)25(30)28-15-13-27(14-16-28)24-12-8-9-19(2)20(24)3/h5-12,17H,4,13-16,18H2,1-3H3. The Morgan fingerprint density at radius 3 is 2.40 bits per heavy atom. The first-order valence-electron chi connectivity index (χ1n) is 10.8. The number of amides is 1. The summed E-state index contributed by atoms with van der Waals surface area (Å²) in [4.78, 5) is 17.6. The van der Waals surface area contributed by atoms with E-state index >= 15 is 0 Å². The van der Waals surface area contributed by atoms with E-state index in [-0.39, 0.29) is 5.91 Å². The zero-order chi connectivity index (χ0) is 21.1. The summed E-state index contributed by atoms with van der Waals surface area (Å²) in [5.41, 5.74) is 6.87. The van der Waals surface area contributed by atoms with Crippen LogP contribution < -0.4 is 4.90 Å². The Morgan fingerprint density at radius 1 is 0.967 bits per heavy atom. The molecule has 156 valence electrons. The quantitative estimate of drug-likeness (QED) is 0.646. The van der Waals surface area contributed by atoms with Crippen molar-refractivity contribution in [3.05, 3.63) is 82.7 Å². The maximum Gasteiger partial charge on any atom is 0.257 e. The number of carbonyl (C=O) groups is 1. The van der Waals surface area contributed by atoms with Crippen LogP contribution in [0.5, 0.6) is 0 Å². The van der Waals surface area contributed by atoms with Gasteiger partial charge in [0.1, 0.15) is 0 Å². The van der Waals surface area contributed by atoms with Gasteiger partial charge < -0.3 is 9.80 Å². The topological polar surface area (TPSA) is 41.4 Å². The van der Waals surface area contributed by atoms with E-state index in [1.165, 1.54) is 22.4 Å². The average molecular weight is 403 g/mol. The van der Waals surface area contributed by atoms with Crippen LogP contribution in [-0.4, -0.2) is 46.8 Å². The summed E-state index contributed by atoms with van der Waals surface area (Å²) in [7, 11) is 0. The largest absolute Gasteiger partial charge is 0.368 e. The molecule has 2 heterocycles. The van der Waals surface area contributed by atoms with Gasteiger partial charge in [-0.3, -0.25) is 9.48 Å². The number of hydrogen-bond donors (Lipinski definition) is 0. The van der Waals surface area contributed by atoms with Crippen LogP contribution in [0.2, 0.25) is 0 Å². The van der Waals surface area contributed by atoms with E-state index in [1.54, 1.807) is 6.20 Å². The van der Waals surface area contributed by atoms with Crippen LogP contribution in [0.1, 0.15) is 39.7 Å². The second-order valence-electron chi connectivity index (χ2n) is 8.00. The van der Waals surface area contributed by atoms with E-state index in [4.69, 9.17) is 0 Å². The summed E-state index contributed by atoms with van der Waals surface area (Å²) >= 11 is 0. The predicted octanol–water partition coefficient (Wildman–Crippen LogP) is 4.07. The van der Waals surface area contributed by atoms with Gasteiger partial charge in [-0.05, 0) is 43.0 Å². The Kier molecular flexibility index (Phi) is 5.88. The third-order valence-corrected chi connectivity index (χ3v) is 6.17. The number of aryl methyl sites for hydroxylation is 1. The lowest BCUT2D eigenvalue weighted by molar-refractivity contribution is 0.0745. The zero-order valence-corrected chi connectivity index (χ0v) is 18.1. The minimum Gasteiger partial charge on any atom is -0.368 e. The molecule has 0 unspecified atom stereocenters. The summed E-state index contributed by atoms with van der Waals surface area (Å²) in [6.45, 7) is 10.3. The molecule has 1 aliphatic rings. The number of anilines is 1. The molecular weight excluding hydrogens is 372 g/mol. The first-order chi connectivity index (χ1) is 14.6. The molecule has 0 aliphatic carbocycles. The van der Waals surface area contributed by atoms with Crippen molar-refractivity contribution in [1.82, 2.24) is 14.7 Å². The Labute approximate surface area is 178 Å². The number of aromatic nitrogens is 2. The highest BCUT2D eigenvalue weighted by molar-refractivity contribution is 5.95. The zero-order valence-electron chi connectivity index (χ0n) is 18.1. The number of rotatable bonds is 5. The van der Waals surface area contributed by atoms with Crippen molar-refractivity contribution in [3.63, 3.8) is 0 Å². The molecule has 1 amide bonds. The Morgan fingerprint density at radius 2 is 1.70 bits per heavy atom. The van der Waals surface area contributed by atoms with Gasteiger partial charge in [-0.15, -0.1) is 0 Å². The molecule has 2 aromatic carbocycles. The van der Waals surface area contributed by atoms with Crippen molar-refractivity contribution in [2.45, 2.75) is 33.7 Å². The molecule has 0 saturated carbocycles. The van der Waals surface area contributed by atoms with E-state index in [0.717, 1.165) is 43.9 Å². The SMILES string of the molecule is CCc1c(C(=O)N2CCN(c3cccc(C)c3C)CC2)cnn1Cc1ccccc1. The van der Waals surface area contributed by atoms with Gasteiger partial charge in [0.25, 0.3) is 5.91 Å². The van der Waals surface area contributed by atoms with Crippen molar-refractivity contribution >= 4 is 11.6 Å². The molecule has 1 fully saturated rings. The van der Waals surface area contributed by atoms with Gasteiger partial charge in [0.2, 0.25) is 0 Å².